The number of pyridine rings is 1. The summed E-state index contributed by atoms with van der Waals surface area (Å²) in [6.45, 7) is 9.63. The van der Waals surface area contributed by atoms with Crippen LogP contribution < -0.4 is 5.73 Å². The zero-order valence-corrected chi connectivity index (χ0v) is 16.8. The van der Waals surface area contributed by atoms with E-state index in [0.717, 1.165) is 23.0 Å². The number of benzene rings is 1. The maximum Gasteiger partial charge on any atom is 0.255 e. The van der Waals surface area contributed by atoms with Gasteiger partial charge in [-0.05, 0) is 43.9 Å². The Balaban J connectivity index is 0.00000156. The summed E-state index contributed by atoms with van der Waals surface area (Å²) < 4.78 is 0. The summed E-state index contributed by atoms with van der Waals surface area (Å²) in [5.41, 5.74) is 9.73. The molecule has 25 heavy (non-hydrogen) atoms. The summed E-state index contributed by atoms with van der Waals surface area (Å²) in [7, 11) is 0. The molecule has 6 heteroatoms. The van der Waals surface area contributed by atoms with Gasteiger partial charge in [0.1, 0.15) is 0 Å². The monoisotopic (exact) mass is 383 g/mol. The topological polar surface area (TPSA) is 59.2 Å². The average Bonchev–Trinajstić information content (AvgIpc) is 2.49. The predicted octanol–water partition coefficient (Wildman–Crippen LogP) is 3.89. The lowest BCUT2D eigenvalue weighted by Gasteiger charge is -2.42. The Kier molecular flexibility index (Phi) is 6.85. The van der Waals surface area contributed by atoms with Crippen molar-refractivity contribution < 1.29 is 4.79 Å². The van der Waals surface area contributed by atoms with E-state index in [0.29, 0.717) is 18.7 Å². The molecule has 1 aliphatic heterocycles. The van der Waals surface area contributed by atoms with Crippen LogP contribution in [0.25, 0.3) is 10.9 Å². The number of aromatic nitrogens is 1. The molecular weight excluding hydrogens is 357 g/mol. The highest BCUT2D eigenvalue weighted by molar-refractivity contribution is 5.98. The molecule has 1 aromatic carbocycles. The highest BCUT2D eigenvalue weighted by Gasteiger charge is 2.36. The third-order valence-corrected chi connectivity index (χ3v) is 4.99. The van der Waals surface area contributed by atoms with Crippen LogP contribution in [0.2, 0.25) is 0 Å². The lowest BCUT2D eigenvalue weighted by Crippen LogP contribution is -2.54. The van der Waals surface area contributed by atoms with Crippen LogP contribution >= 0.6 is 24.8 Å². The van der Waals surface area contributed by atoms with Crippen molar-refractivity contribution in [3.63, 3.8) is 0 Å². The number of halogens is 2. The van der Waals surface area contributed by atoms with E-state index < -0.39 is 0 Å². The highest BCUT2D eigenvalue weighted by atomic mass is 35.5. The zero-order valence-electron chi connectivity index (χ0n) is 15.2. The maximum atomic E-state index is 13.0. The van der Waals surface area contributed by atoms with E-state index in [1.165, 1.54) is 5.56 Å². The molecule has 0 bridgehead atoms. The van der Waals surface area contributed by atoms with E-state index >= 15 is 0 Å². The summed E-state index contributed by atoms with van der Waals surface area (Å²) in [4.78, 5) is 19.5. The van der Waals surface area contributed by atoms with Crippen LogP contribution in [-0.4, -0.2) is 34.9 Å². The Morgan fingerprint density at radius 3 is 2.56 bits per heavy atom. The van der Waals surface area contributed by atoms with E-state index in [1.54, 1.807) is 0 Å². The SMILES string of the molecule is Cc1ccc2nc(C)c(C(=O)N3CCC(N)C(C)(C)C3)cc2c1.Cl.Cl. The molecule has 1 unspecified atom stereocenters. The number of nitrogens with zero attached hydrogens (tertiary/aromatic N) is 2. The quantitative estimate of drug-likeness (QED) is 0.812. The van der Waals surface area contributed by atoms with Crippen LogP contribution in [0.5, 0.6) is 0 Å². The second-order valence-electron chi connectivity index (χ2n) is 7.43. The second kappa shape index (κ2) is 7.90. The number of carbonyl (C=O) groups excluding carboxylic acids is 1. The van der Waals surface area contributed by atoms with Crippen molar-refractivity contribution in [2.75, 3.05) is 13.1 Å². The molecule has 1 saturated heterocycles. The Morgan fingerprint density at radius 2 is 1.92 bits per heavy atom. The molecule has 138 valence electrons. The molecule has 0 saturated carbocycles. The Hall–Kier alpha value is -1.36. The van der Waals surface area contributed by atoms with E-state index in [2.05, 4.69) is 31.8 Å². The van der Waals surface area contributed by atoms with Crippen LogP contribution in [0.1, 0.15) is 41.9 Å². The van der Waals surface area contributed by atoms with Gasteiger partial charge in [0.05, 0.1) is 16.8 Å². The molecule has 1 aromatic heterocycles. The molecule has 0 spiro atoms. The normalized spacial score (nSPS) is 19.1. The first kappa shape index (κ1) is 21.7. The van der Waals surface area contributed by atoms with Crippen LogP contribution in [0.4, 0.5) is 0 Å². The van der Waals surface area contributed by atoms with Crippen molar-refractivity contribution in [2.24, 2.45) is 11.1 Å². The van der Waals surface area contributed by atoms with Gasteiger partial charge in [0.2, 0.25) is 0 Å². The maximum absolute atomic E-state index is 13.0. The van der Waals surface area contributed by atoms with Gasteiger partial charge in [-0.2, -0.15) is 0 Å². The molecule has 1 atom stereocenters. The molecule has 1 aliphatic rings. The summed E-state index contributed by atoms with van der Waals surface area (Å²) in [6, 6.07) is 8.26. The molecule has 2 heterocycles. The van der Waals surface area contributed by atoms with Gasteiger partial charge < -0.3 is 10.6 Å². The van der Waals surface area contributed by atoms with Crippen molar-refractivity contribution in [2.45, 2.75) is 40.2 Å². The number of carbonyl (C=O) groups is 1. The van der Waals surface area contributed by atoms with Gasteiger partial charge in [0.25, 0.3) is 5.91 Å². The average molecular weight is 384 g/mol. The fourth-order valence-electron chi connectivity index (χ4n) is 3.33. The summed E-state index contributed by atoms with van der Waals surface area (Å²) in [5, 5.41) is 1.02. The van der Waals surface area contributed by atoms with Crippen LogP contribution in [-0.2, 0) is 0 Å². The number of hydrogen-bond acceptors (Lipinski definition) is 3. The van der Waals surface area contributed by atoms with Gasteiger partial charge in [-0.25, -0.2) is 0 Å². The van der Waals surface area contributed by atoms with Crippen molar-refractivity contribution in [1.29, 1.82) is 0 Å². The van der Waals surface area contributed by atoms with E-state index in [-0.39, 0.29) is 42.2 Å². The molecule has 2 aromatic rings. The zero-order chi connectivity index (χ0) is 16.8. The van der Waals surface area contributed by atoms with Crippen molar-refractivity contribution in [1.82, 2.24) is 9.88 Å². The molecule has 4 nitrogen and oxygen atoms in total. The highest BCUT2D eigenvalue weighted by Crippen LogP contribution is 2.29. The van der Waals surface area contributed by atoms with Gasteiger partial charge in [0.15, 0.2) is 0 Å². The van der Waals surface area contributed by atoms with E-state index in [1.807, 2.05) is 30.0 Å². The van der Waals surface area contributed by atoms with Crippen LogP contribution in [0.3, 0.4) is 0 Å². The first-order chi connectivity index (χ1) is 10.8. The lowest BCUT2D eigenvalue weighted by atomic mass is 9.79. The number of hydrogen-bond donors (Lipinski definition) is 1. The number of piperidine rings is 1. The Labute approximate surface area is 162 Å². The van der Waals surface area contributed by atoms with Gasteiger partial charge in [0, 0.05) is 24.5 Å². The number of amides is 1. The first-order valence-electron chi connectivity index (χ1n) is 8.21. The fourth-order valence-corrected chi connectivity index (χ4v) is 3.33. The first-order valence-corrected chi connectivity index (χ1v) is 8.21. The number of likely N-dealkylation sites (tertiary alicyclic amines) is 1. The van der Waals surface area contributed by atoms with Gasteiger partial charge >= 0.3 is 0 Å². The van der Waals surface area contributed by atoms with Gasteiger partial charge in [-0.1, -0.05) is 25.5 Å². The minimum absolute atomic E-state index is 0. The molecule has 1 amide bonds. The smallest absolute Gasteiger partial charge is 0.255 e. The molecule has 2 N–H and O–H groups in total. The number of aryl methyl sites for hydroxylation is 2. The Bertz CT molecular complexity index is 777. The van der Waals surface area contributed by atoms with Crippen molar-refractivity contribution in [3.05, 3.63) is 41.1 Å². The van der Waals surface area contributed by atoms with Crippen LogP contribution in [0, 0.1) is 19.3 Å². The Morgan fingerprint density at radius 1 is 1.24 bits per heavy atom. The minimum atomic E-state index is -0.0529. The van der Waals surface area contributed by atoms with E-state index in [4.69, 9.17) is 5.73 Å². The summed E-state index contributed by atoms with van der Waals surface area (Å²) in [5.74, 6) is 0.0679. The summed E-state index contributed by atoms with van der Waals surface area (Å²) in [6.07, 6.45) is 0.845. The van der Waals surface area contributed by atoms with E-state index in [9.17, 15) is 4.79 Å². The second-order valence-corrected chi connectivity index (χ2v) is 7.43. The fraction of sp³-hybridized carbons (Fsp3) is 0.474. The number of fused-ring (bicyclic) bond motifs is 1. The lowest BCUT2D eigenvalue weighted by molar-refractivity contribution is 0.0532. The number of rotatable bonds is 1. The van der Waals surface area contributed by atoms with Gasteiger partial charge in [-0.3, -0.25) is 9.78 Å². The predicted molar refractivity (Wildman–Crippen MR) is 108 cm³/mol. The summed E-state index contributed by atoms with van der Waals surface area (Å²) >= 11 is 0. The molecule has 0 aliphatic carbocycles. The molecular formula is C19H27Cl2N3O. The third-order valence-electron chi connectivity index (χ3n) is 4.99. The van der Waals surface area contributed by atoms with Crippen molar-refractivity contribution >= 4 is 41.6 Å². The van der Waals surface area contributed by atoms with Gasteiger partial charge in [-0.15, -0.1) is 24.8 Å². The van der Waals surface area contributed by atoms with Crippen LogP contribution in [0.15, 0.2) is 24.3 Å². The third kappa shape index (κ3) is 4.25. The minimum Gasteiger partial charge on any atom is -0.338 e. The standard InChI is InChI=1S/C19H25N3O.2ClH/c1-12-5-6-16-14(9-12)10-15(13(2)21-16)18(23)22-8-7-17(20)19(3,4)11-22;;/h5-6,9-10,17H,7-8,11,20H2,1-4H3;2*1H. The molecule has 3 rings (SSSR count). The molecule has 1 fully saturated rings. The number of nitrogens with two attached hydrogens (primary N) is 1. The largest absolute Gasteiger partial charge is 0.338 e. The molecule has 0 radical (unpaired) electrons. The van der Waals surface area contributed by atoms with Crippen molar-refractivity contribution in [3.8, 4) is 0 Å².